The van der Waals surface area contributed by atoms with Crippen LogP contribution in [0.1, 0.15) is 38.4 Å². The van der Waals surface area contributed by atoms with Gasteiger partial charge in [0, 0.05) is 22.6 Å². The van der Waals surface area contributed by atoms with Gasteiger partial charge in [0.1, 0.15) is 0 Å². The van der Waals surface area contributed by atoms with E-state index in [9.17, 15) is 17.6 Å². The van der Waals surface area contributed by atoms with Gasteiger partial charge in [-0.25, -0.2) is 13.2 Å². The Labute approximate surface area is 196 Å². The van der Waals surface area contributed by atoms with Crippen molar-refractivity contribution in [3.8, 4) is 28.0 Å². The van der Waals surface area contributed by atoms with Crippen LogP contribution < -0.4 is 4.74 Å². The molecule has 2 nitrogen and oxygen atoms in total. The number of benzene rings is 3. The summed E-state index contributed by atoms with van der Waals surface area (Å²) >= 11 is 0. The molecule has 0 aromatic heterocycles. The van der Waals surface area contributed by atoms with Gasteiger partial charge in [0.15, 0.2) is 23.2 Å². The Bertz CT molecular complexity index is 1180. The largest absolute Gasteiger partial charge is 0.491 e. The van der Waals surface area contributed by atoms with Crippen molar-refractivity contribution in [2.75, 3.05) is 13.2 Å². The van der Waals surface area contributed by atoms with Crippen molar-refractivity contribution in [3.63, 3.8) is 0 Å². The average Bonchev–Trinajstić information content (AvgIpc) is 2.85. The second-order valence-corrected chi connectivity index (χ2v) is 8.27. The zero-order valence-electron chi connectivity index (χ0n) is 19.1. The van der Waals surface area contributed by atoms with Gasteiger partial charge in [-0.1, -0.05) is 48.6 Å². The molecule has 0 spiro atoms. The molecule has 0 bridgehead atoms. The number of hydrogen-bond acceptors (Lipinski definition) is 2. The van der Waals surface area contributed by atoms with Crippen LogP contribution in [0.2, 0.25) is 0 Å². The van der Waals surface area contributed by atoms with Gasteiger partial charge in [0.25, 0.3) is 0 Å². The predicted octanol–water partition coefficient (Wildman–Crippen LogP) is 8.02. The standard InChI is InChI=1S/C28H26F4O2/c1-3-5-17-6-14-23(34-16-17)22-12-11-20(25(29)27(22)31)18-7-9-19(10-8-18)21-13-15-24(33-4-2)28(32)26(21)30/h3,5,7-13,15,17,23H,4,6,14,16H2,1-2H3. The van der Waals surface area contributed by atoms with Crippen LogP contribution in [0, 0.1) is 29.2 Å². The summed E-state index contributed by atoms with van der Waals surface area (Å²) < 4.78 is 69.5. The Kier molecular flexibility index (Phi) is 7.37. The molecule has 2 atom stereocenters. The lowest BCUT2D eigenvalue weighted by Gasteiger charge is -2.28. The first-order chi connectivity index (χ1) is 16.4. The summed E-state index contributed by atoms with van der Waals surface area (Å²) in [4.78, 5) is 0. The molecular weight excluding hydrogens is 444 g/mol. The van der Waals surface area contributed by atoms with Gasteiger partial charge in [-0.05, 0) is 49.9 Å². The molecule has 6 heteroatoms. The van der Waals surface area contributed by atoms with E-state index in [2.05, 4.69) is 6.08 Å². The van der Waals surface area contributed by atoms with Crippen molar-refractivity contribution in [2.45, 2.75) is 32.8 Å². The summed E-state index contributed by atoms with van der Waals surface area (Å²) in [7, 11) is 0. The minimum Gasteiger partial charge on any atom is -0.491 e. The lowest BCUT2D eigenvalue weighted by molar-refractivity contribution is -0.00743. The van der Waals surface area contributed by atoms with Gasteiger partial charge in [0.2, 0.25) is 5.82 Å². The van der Waals surface area contributed by atoms with Crippen LogP contribution in [-0.4, -0.2) is 13.2 Å². The topological polar surface area (TPSA) is 18.5 Å². The maximum absolute atomic E-state index is 15.0. The first kappa shape index (κ1) is 24.0. The number of rotatable bonds is 6. The maximum atomic E-state index is 15.0. The summed E-state index contributed by atoms with van der Waals surface area (Å²) in [6.07, 6.45) is 5.01. The fourth-order valence-electron chi connectivity index (χ4n) is 4.33. The highest BCUT2D eigenvalue weighted by Crippen LogP contribution is 2.37. The molecule has 0 N–H and O–H groups in total. The van der Waals surface area contributed by atoms with Crippen molar-refractivity contribution in [3.05, 3.63) is 89.5 Å². The minimum absolute atomic E-state index is 0.0557. The zero-order valence-corrected chi connectivity index (χ0v) is 19.1. The van der Waals surface area contributed by atoms with E-state index in [0.29, 0.717) is 30.1 Å². The van der Waals surface area contributed by atoms with Crippen molar-refractivity contribution in [1.29, 1.82) is 0 Å². The average molecular weight is 471 g/mol. The van der Waals surface area contributed by atoms with E-state index in [0.717, 1.165) is 6.42 Å². The molecule has 34 heavy (non-hydrogen) atoms. The molecule has 178 valence electrons. The molecule has 0 radical (unpaired) electrons. The van der Waals surface area contributed by atoms with Crippen LogP contribution in [0.3, 0.4) is 0 Å². The van der Waals surface area contributed by atoms with E-state index in [1.807, 2.05) is 13.0 Å². The molecule has 4 rings (SSSR count). The Hall–Kier alpha value is -3.12. The van der Waals surface area contributed by atoms with E-state index in [1.165, 1.54) is 18.2 Å². The van der Waals surface area contributed by atoms with Crippen molar-refractivity contribution in [1.82, 2.24) is 0 Å². The molecule has 1 saturated heterocycles. The van der Waals surface area contributed by atoms with Crippen LogP contribution in [0.15, 0.2) is 60.7 Å². The van der Waals surface area contributed by atoms with Gasteiger partial charge < -0.3 is 9.47 Å². The third-order valence-electron chi connectivity index (χ3n) is 6.09. The summed E-state index contributed by atoms with van der Waals surface area (Å²) in [5.41, 5.74) is 1.20. The van der Waals surface area contributed by atoms with Crippen LogP contribution >= 0.6 is 0 Å². The molecule has 1 aliphatic heterocycles. The highest BCUT2D eigenvalue weighted by atomic mass is 19.2. The summed E-state index contributed by atoms with van der Waals surface area (Å²) in [6.45, 7) is 4.32. The summed E-state index contributed by atoms with van der Waals surface area (Å²) in [5, 5.41) is 0. The second kappa shape index (κ2) is 10.4. The second-order valence-electron chi connectivity index (χ2n) is 8.27. The summed E-state index contributed by atoms with van der Waals surface area (Å²) in [6, 6.07) is 12.1. The highest BCUT2D eigenvalue weighted by molar-refractivity contribution is 5.71. The molecule has 2 unspecified atom stereocenters. The first-order valence-corrected chi connectivity index (χ1v) is 11.4. The Balaban J connectivity index is 1.57. The zero-order chi connectivity index (χ0) is 24.2. The van der Waals surface area contributed by atoms with Crippen molar-refractivity contribution < 1.29 is 27.0 Å². The SMILES string of the molecule is CC=CC1CCC(c2ccc(-c3ccc(-c4ccc(OCC)c(F)c4F)cc3)c(F)c2F)OC1. The first-order valence-electron chi connectivity index (χ1n) is 11.4. The molecule has 1 fully saturated rings. The van der Waals surface area contributed by atoms with E-state index in [1.54, 1.807) is 37.3 Å². The minimum atomic E-state index is -1.06. The maximum Gasteiger partial charge on any atom is 0.201 e. The molecule has 1 heterocycles. The van der Waals surface area contributed by atoms with Crippen LogP contribution in [0.5, 0.6) is 5.75 Å². The molecule has 1 aliphatic rings. The lowest BCUT2D eigenvalue weighted by atomic mass is 9.92. The molecule has 0 aliphatic carbocycles. The van der Waals surface area contributed by atoms with E-state index in [-0.39, 0.29) is 29.0 Å². The molecule has 0 amide bonds. The molecular formula is C28H26F4O2. The Morgan fingerprint density at radius 2 is 1.44 bits per heavy atom. The third kappa shape index (κ3) is 4.73. The number of hydrogen-bond donors (Lipinski definition) is 0. The number of allylic oxidation sites excluding steroid dienone is 1. The van der Waals surface area contributed by atoms with Gasteiger partial charge in [-0.3, -0.25) is 0 Å². The normalized spacial score (nSPS) is 18.4. The molecule has 3 aromatic rings. The quantitative estimate of drug-likeness (QED) is 0.268. The number of ether oxygens (including phenoxy) is 2. The van der Waals surface area contributed by atoms with E-state index < -0.39 is 29.4 Å². The lowest BCUT2D eigenvalue weighted by Crippen LogP contribution is -2.20. The van der Waals surface area contributed by atoms with Gasteiger partial charge >= 0.3 is 0 Å². The highest BCUT2D eigenvalue weighted by Gasteiger charge is 2.26. The van der Waals surface area contributed by atoms with Crippen LogP contribution in [0.25, 0.3) is 22.3 Å². The van der Waals surface area contributed by atoms with Gasteiger partial charge in [-0.15, -0.1) is 0 Å². The fourth-order valence-corrected chi connectivity index (χ4v) is 4.33. The third-order valence-corrected chi connectivity index (χ3v) is 6.09. The van der Waals surface area contributed by atoms with E-state index >= 15 is 0 Å². The smallest absolute Gasteiger partial charge is 0.201 e. The van der Waals surface area contributed by atoms with Crippen molar-refractivity contribution in [2.24, 2.45) is 5.92 Å². The predicted molar refractivity (Wildman–Crippen MR) is 125 cm³/mol. The molecule has 3 aromatic carbocycles. The fraction of sp³-hybridized carbons (Fsp3) is 0.286. The monoisotopic (exact) mass is 470 g/mol. The van der Waals surface area contributed by atoms with Crippen LogP contribution in [-0.2, 0) is 4.74 Å². The van der Waals surface area contributed by atoms with Gasteiger partial charge in [-0.2, -0.15) is 4.39 Å². The van der Waals surface area contributed by atoms with Crippen molar-refractivity contribution >= 4 is 0 Å². The Morgan fingerprint density at radius 1 is 0.824 bits per heavy atom. The Morgan fingerprint density at radius 3 is 2.00 bits per heavy atom. The van der Waals surface area contributed by atoms with Crippen LogP contribution in [0.4, 0.5) is 17.6 Å². The molecule has 0 saturated carbocycles. The summed E-state index contributed by atoms with van der Waals surface area (Å²) in [5.74, 6) is -3.82. The number of halogens is 4. The van der Waals surface area contributed by atoms with Gasteiger partial charge in [0.05, 0.1) is 19.3 Å². The van der Waals surface area contributed by atoms with E-state index in [4.69, 9.17) is 9.47 Å².